The topological polar surface area (TPSA) is 50.9 Å². The molecule has 0 fully saturated rings. The molecule has 0 saturated carbocycles. The van der Waals surface area contributed by atoms with E-state index >= 15 is 0 Å². The highest BCUT2D eigenvalue weighted by molar-refractivity contribution is 9.10. The van der Waals surface area contributed by atoms with E-state index in [4.69, 9.17) is 5.84 Å². The smallest absolute Gasteiger partial charge is 0.123 e. The van der Waals surface area contributed by atoms with Crippen LogP contribution in [0, 0.1) is 12.7 Å². The van der Waals surface area contributed by atoms with Crippen molar-refractivity contribution in [1.82, 2.24) is 10.4 Å². The summed E-state index contributed by atoms with van der Waals surface area (Å²) in [4.78, 5) is 4.31. The van der Waals surface area contributed by atoms with Crippen LogP contribution >= 0.6 is 15.9 Å². The van der Waals surface area contributed by atoms with Gasteiger partial charge in [0, 0.05) is 10.7 Å². The van der Waals surface area contributed by atoms with Crippen LogP contribution in [0.15, 0.2) is 41.0 Å². The standard InChI is InChI=1S/C14H15BrFN3/c1-9-2-4-12(16)6-10(9)7-14(19-17)13-5-3-11(15)8-18-13/h2-6,8,14,19H,7,17H2,1H3. The van der Waals surface area contributed by atoms with E-state index < -0.39 is 0 Å². The van der Waals surface area contributed by atoms with Gasteiger partial charge in [0.25, 0.3) is 0 Å². The normalized spacial score (nSPS) is 12.4. The largest absolute Gasteiger partial charge is 0.271 e. The van der Waals surface area contributed by atoms with E-state index in [1.165, 1.54) is 6.07 Å². The number of hydrogen-bond acceptors (Lipinski definition) is 3. The van der Waals surface area contributed by atoms with Gasteiger partial charge in [-0.3, -0.25) is 16.3 Å². The van der Waals surface area contributed by atoms with Gasteiger partial charge in [0.1, 0.15) is 5.82 Å². The Hall–Kier alpha value is -1.30. The van der Waals surface area contributed by atoms with Gasteiger partial charge in [0.05, 0.1) is 11.7 Å². The third kappa shape index (κ3) is 3.59. The molecule has 0 saturated heterocycles. The summed E-state index contributed by atoms with van der Waals surface area (Å²) in [6, 6.07) is 8.43. The molecule has 0 aliphatic heterocycles. The van der Waals surface area contributed by atoms with Crippen molar-refractivity contribution in [1.29, 1.82) is 0 Å². The highest BCUT2D eigenvalue weighted by atomic mass is 79.9. The molecule has 1 aromatic heterocycles. The number of benzene rings is 1. The minimum absolute atomic E-state index is 0.145. The van der Waals surface area contributed by atoms with E-state index in [1.807, 2.05) is 19.1 Å². The average Bonchev–Trinajstić information content (AvgIpc) is 2.41. The molecule has 1 unspecified atom stereocenters. The first kappa shape index (κ1) is 14.1. The van der Waals surface area contributed by atoms with Gasteiger partial charge in [-0.15, -0.1) is 0 Å². The molecule has 3 N–H and O–H groups in total. The number of aryl methyl sites for hydroxylation is 1. The van der Waals surface area contributed by atoms with Crippen LogP contribution in [-0.4, -0.2) is 4.98 Å². The Morgan fingerprint density at radius 1 is 1.37 bits per heavy atom. The number of hydrogen-bond donors (Lipinski definition) is 2. The number of nitrogens with one attached hydrogen (secondary N) is 1. The molecule has 5 heteroatoms. The lowest BCUT2D eigenvalue weighted by Gasteiger charge is -2.17. The first-order valence-corrected chi connectivity index (χ1v) is 6.72. The van der Waals surface area contributed by atoms with Crippen molar-refractivity contribution in [2.75, 3.05) is 0 Å². The summed E-state index contributed by atoms with van der Waals surface area (Å²) in [5.41, 5.74) is 5.53. The highest BCUT2D eigenvalue weighted by Gasteiger charge is 2.13. The summed E-state index contributed by atoms with van der Waals surface area (Å²) >= 11 is 3.34. The molecule has 2 rings (SSSR count). The molecule has 0 aliphatic carbocycles. The molecule has 2 aromatic rings. The Labute approximate surface area is 120 Å². The molecule has 19 heavy (non-hydrogen) atoms. The molecule has 0 aliphatic rings. The van der Waals surface area contributed by atoms with Crippen LogP contribution in [0.1, 0.15) is 22.9 Å². The van der Waals surface area contributed by atoms with Gasteiger partial charge in [0.2, 0.25) is 0 Å². The maximum absolute atomic E-state index is 13.3. The van der Waals surface area contributed by atoms with Gasteiger partial charge in [-0.1, -0.05) is 6.07 Å². The maximum atomic E-state index is 13.3. The summed E-state index contributed by atoms with van der Waals surface area (Å²) in [6.07, 6.45) is 2.31. The molecule has 1 aromatic carbocycles. The molecule has 1 atom stereocenters. The van der Waals surface area contributed by atoms with Crippen LogP contribution in [0.25, 0.3) is 0 Å². The molecular weight excluding hydrogens is 309 g/mol. The zero-order valence-corrected chi connectivity index (χ0v) is 12.1. The SMILES string of the molecule is Cc1ccc(F)cc1CC(NN)c1ccc(Br)cn1. The van der Waals surface area contributed by atoms with Gasteiger partial charge in [-0.2, -0.15) is 0 Å². The second-order valence-corrected chi connectivity index (χ2v) is 5.31. The molecular formula is C14H15BrFN3. The number of pyridine rings is 1. The van der Waals surface area contributed by atoms with Crippen molar-refractivity contribution < 1.29 is 4.39 Å². The van der Waals surface area contributed by atoms with Crippen LogP contribution in [0.4, 0.5) is 4.39 Å². The van der Waals surface area contributed by atoms with Gasteiger partial charge in [-0.05, 0) is 64.7 Å². The third-order valence-corrected chi connectivity index (χ3v) is 3.51. The fraction of sp³-hybridized carbons (Fsp3) is 0.214. The number of rotatable bonds is 4. The van der Waals surface area contributed by atoms with Crippen molar-refractivity contribution >= 4 is 15.9 Å². The van der Waals surface area contributed by atoms with Crippen molar-refractivity contribution in [3.8, 4) is 0 Å². The lowest BCUT2D eigenvalue weighted by molar-refractivity contribution is 0.534. The molecule has 0 bridgehead atoms. The van der Waals surface area contributed by atoms with Crippen LogP contribution in [-0.2, 0) is 6.42 Å². The van der Waals surface area contributed by atoms with E-state index in [0.29, 0.717) is 6.42 Å². The zero-order chi connectivity index (χ0) is 13.8. The Morgan fingerprint density at radius 3 is 2.79 bits per heavy atom. The quantitative estimate of drug-likeness (QED) is 0.671. The lowest BCUT2D eigenvalue weighted by atomic mass is 9.99. The van der Waals surface area contributed by atoms with Gasteiger partial charge in [0.15, 0.2) is 0 Å². The molecule has 0 amide bonds. The predicted octanol–water partition coefficient (Wildman–Crippen LogP) is 3.04. The number of nitrogens with two attached hydrogens (primary N) is 1. The number of hydrazine groups is 1. The van der Waals surface area contributed by atoms with Gasteiger partial charge < -0.3 is 0 Å². The number of halogens is 2. The lowest BCUT2D eigenvalue weighted by Crippen LogP contribution is -2.30. The van der Waals surface area contributed by atoms with Crippen LogP contribution < -0.4 is 11.3 Å². The average molecular weight is 324 g/mol. The monoisotopic (exact) mass is 323 g/mol. The summed E-state index contributed by atoms with van der Waals surface area (Å²) in [6.45, 7) is 1.96. The first-order chi connectivity index (χ1) is 9.10. The minimum Gasteiger partial charge on any atom is -0.271 e. The molecule has 3 nitrogen and oxygen atoms in total. The third-order valence-electron chi connectivity index (χ3n) is 3.04. The maximum Gasteiger partial charge on any atom is 0.123 e. The molecule has 0 radical (unpaired) electrons. The number of nitrogens with zero attached hydrogens (tertiary/aromatic N) is 1. The van der Waals surface area contributed by atoms with E-state index in [1.54, 1.807) is 18.3 Å². The second kappa shape index (κ2) is 6.23. The van der Waals surface area contributed by atoms with Crippen molar-refractivity contribution in [3.63, 3.8) is 0 Å². The van der Waals surface area contributed by atoms with Crippen LogP contribution in [0.2, 0.25) is 0 Å². The second-order valence-electron chi connectivity index (χ2n) is 4.40. The summed E-state index contributed by atoms with van der Waals surface area (Å²) in [5.74, 6) is 5.35. The van der Waals surface area contributed by atoms with Crippen molar-refractivity contribution in [3.05, 3.63) is 63.6 Å². The molecule has 1 heterocycles. The van der Waals surface area contributed by atoms with Gasteiger partial charge in [-0.25, -0.2) is 4.39 Å². The fourth-order valence-corrected chi connectivity index (χ4v) is 2.16. The molecule has 0 spiro atoms. The van der Waals surface area contributed by atoms with Crippen molar-refractivity contribution in [2.45, 2.75) is 19.4 Å². The van der Waals surface area contributed by atoms with Crippen LogP contribution in [0.3, 0.4) is 0 Å². The van der Waals surface area contributed by atoms with E-state index in [-0.39, 0.29) is 11.9 Å². The Kier molecular flexibility index (Phi) is 4.63. The van der Waals surface area contributed by atoms with E-state index in [2.05, 4.69) is 26.3 Å². The summed E-state index contributed by atoms with van der Waals surface area (Å²) < 4.78 is 14.2. The Bertz CT molecular complexity index is 557. The van der Waals surface area contributed by atoms with E-state index in [9.17, 15) is 4.39 Å². The molecule has 100 valence electrons. The number of aromatic nitrogens is 1. The highest BCUT2D eigenvalue weighted by Crippen LogP contribution is 2.20. The van der Waals surface area contributed by atoms with Gasteiger partial charge >= 0.3 is 0 Å². The Balaban J connectivity index is 2.23. The first-order valence-electron chi connectivity index (χ1n) is 5.92. The minimum atomic E-state index is -0.236. The van der Waals surface area contributed by atoms with Crippen LogP contribution in [0.5, 0.6) is 0 Å². The summed E-state index contributed by atoms with van der Waals surface area (Å²) in [7, 11) is 0. The Morgan fingerprint density at radius 2 is 2.16 bits per heavy atom. The van der Waals surface area contributed by atoms with Crippen molar-refractivity contribution in [2.24, 2.45) is 5.84 Å². The van der Waals surface area contributed by atoms with E-state index in [0.717, 1.165) is 21.3 Å². The zero-order valence-electron chi connectivity index (χ0n) is 10.5. The summed E-state index contributed by atoms with van der Waals surface area (Å²) in [5, 5.41) is 0. The fourth-order valence-electron chi connectivity index (χ4n) is 1.92. The predicted molar refractivity (Wildman–Crippen MR) is 76.8 cm³/mol.